The second-order valence-corrected chi connectivity index (χ2v) is 4.16. The highest BCUT2D eigenvalue weighted by molar-refractivity contribution is 5.57. The molecule has 3 heteroatoms. The van der Waals surface area contributed by atoms with Crippen LogP contribution in [0, 0.1) is 0 Å². The van der Waals surface area contributed by atoms with Crippen LogP contribution in [-0.2, 0) is 9.53 Å². The zero-order valence-corrected chi connectivity index (χ0v) is 9.09. The summed E-state index contributed by atoms with van der Waals surface area (Å²) in [5.41, 5.74) is 0.0417. The van der Waals surface area contributed by atoms with E-state index in [0.29, 0.717) is 0 Å². The maximum absolute atomic E-state index is 9.94. The molecule has 0 radical (unpaired) electrons. The summed E-state index contributed by atoms with van der Waals surface area (Å²) in [6, 6.07) is 0.167. The second-order valence-electron chi connectivity index (χ2n) is 4.16. The summed E-state index contributed by atoms with van der Waals surface area (Å²) in [6.07, 6.45) is 3.17. The lowest BCUT2D eigenvalue weighted by Gasteiger charge is -2.14. The molecule has 0 aromatic rings. The molecule has 3 nitrogen and oxygen atoms in total. The van der Waals surface area contributed by atoms with Gasteiger partial charge in [-0.1, -0.05) is 0 Å². The number of nitrogens with one attached hydrogen (secondary N) is 1. The first kappa shape index (κ1) is 12.6. The lowest BCUT2D eigenvalue weighted by atomic mass is 10.2. The van der Waals surface area contributed by atoms with Gasteiger partial charge in [0.15, 0.2) is 0 Å². The van der Waals surface area contributed by atoms with Crippen molar-refractivity contribution < 1.29 is 9.53 Å². The molecule has 0 aliphatic carbocycles. The van der Waals surface area contributed by atoms with E-state index in [1.54, 1.807) is 7.11 Å². The average molecular weight is 187 g/mol. The van der Waals surface area contributed by atoms with Gasteiger partial charge in [-0.15, -0.1) is 0 Å². The Morgan fingerprint density at radius 1 is 1.46 bits per heavy atom. The highest BCUT2D eigenvalue weighted by Crippen LogP contribution is 2.02. The van der Waals surface area contributed by atoms with Crippen molar-refractivity contribution in [1.82, 2.24) is 5.32 Å². The van der Waals surface area contributed by atoms with Crippen LogP contribution in [0.3, 0.4) is 0 Å². The SMILES string of the molecule is COC(C)(C)C.O=CC1CCCN1. The van der Waals surface area contributed by atoms with Gasteiger partial charge in [0.25, 0.3) is 0 Å². The van der Waals surface area contributed by atoms with Gasteiger partial charge in [-0.3, -0.25) is 0 Å². The number of methoxy groups -OCH3 is 1. The van der Waals surface area contributed by atoms with E-state index >= 15 is 0 Å². The topological polar surface area (TPSA) is 38.3 Å². The first-order valence-electron chi connectivity index (χ1n) is 4.73. The molecule has 78 valence electrons. The lowest BCUT2D eigenvalue weighted by molar-refractivity contribution is -0.109. The minimum Gasteiger partial charge on any atom is -0.379 e. The first-order chi connectivity index (χ1) is 5.99. The Bertz CT molecular complexity index is 134. The molecule has 0 bridgehead atoms. The van der Waals surface area contributed by atoms with Gasteiger partial charge in [-0.05, 0) is 40.2 Å². The fourth-order valence-electron chi connectivity index (χ4n) is 0.828. The number of hydrogen-bond donors (Lipinski definition) is 1. The van der Waals surface area contributed by atoms with Gasteiger partial charge >= 0.3 is 0 Å². The van der Waals surface area contributed by atoms with Crippen LogP contribution in [0.4, 0.5) is 0 Å². The predicted molar refractivity (Wildman–Crippen MR) is 53.9 cm³/mol. The largest absolute Gasteiger partial charge is 0.379 e. The maximum Gasteiger partial charge on any atom is 0.136 e. The average Bonchev–Trinajstić information content (AvgIpc) is 2.56. The van der Waals surface area contributed by atoms with E-state index in [1.165, 1.54) is 0 Å². The zero-order valence-electron chi connectivity index (χ0n) is 9.09. The van der Waals surface area contributed by atoms with Crippen LogP contribution in [0.5, 0.6) is 0 Å². The molecule has 0 saturated carbocycles. The van der Waals surface area contributed by atoms with Crippen LogP contribution in [0.25, 0.3) is 0 Å². The first-order valence-corrected chi connectivity index (χ1v) is 4.73. The Balaban J connectivity index is 0.000000226. The summed E-state index contributed by atoms with van der Waals surface area (Å²) in [5, 5.41) is 3.04. The number of carbonyl (C=O) groups is 1. The quantitative estimate of drug-likeness (QED) is 0.630. The van der Waals surface area contributed by atoms with E-state index in [2.05, 4.69) is 5.32 Å². The van der Waals surface area contributed by atoms with Crippen LogP contribution in [0.2, 0.25) is 0 Å². The van der Waals surface area contributed by atoms with Gasteiger partial charge in [0.1, 0.15) is 6.29 Å². The molecule has 0 aromatic heterocycles. The second kappa shape index (κ2) is 6.11. The summed E-state index contributed by atoms with van der Waals surface area (Å²) < 4.78 is 4.94. The van der Waals surface area contributed by atoms with Crippen molar-refractivity contribution in [3.05, 3.63) is 0 Å². The summed E-state index contributed by atoms with van der Waals surface area (Å²) in [6.45, 7) is 7.08. The Labute approximate surface area is 80.8 Å². The molecule has 1 aliphatic rings. The highest BCUT2D eigenvalue weighted by atomic mass is 16.5. The highest BCUT2D eigenvalue weighted by Gasteiger charge is 2.10. The molecule has 1 fully saturated rings. The van der Waals surface area contributed by atoms with E-state index in [4.69, 9.17) is 4.74 Å². The molecule has 1 heterocycles. The van der Waals surface area contributed by atoms with Crippen LogP contribution >= 0.6 is 0 Å². The molecule has 0 aromatic carbocycles. The van der Waals surface area contributed by atoms with Gasteiger partial charge in [0.2, 0.25) is 0 Å². The Hall–Kier alpha value is -0.410. The van der Waals surface area contributed by atoms with Crippen LogP contribution in [0.1, 0.15) is 33.6 Å². The molecule has 0 amide bonds. The Morgan fingerprint density at radius 3 is 2.15 bits per heavy atom. The predicted octanol–water partition coefficient (Wildman–Crippen LogP) is 1.37. The van der Waals surface area contributed by atoms with Crippen molar-refractivity contribution in [3.8, 4) is 0 Å². The number of aldehydes is 1. The Morgan fingerprint density at radius 2 is 2.00 bits per heavy atom. The maximum atomic E-state index is 9.94. The molecule has 0 spiro atoms. The zero-order chi connectivity index (χ0) is 10.3. The molecule has 1 saturated heterocycles. The fourth-order valence-corrected chi connectivity index (χ4v) is 0.828. The number of ether oxygens (including phenoxy) is 1. The third-order valence-corrected chi connectivity index (χ3v) is 1.88. The molecular formula is C10H21NO2. The van der Waals surface area contributed by atoms with E-state index < -0.39 is 0 Å². The van der Waals surface area contributed by atoms with Crippen molar-refractivity contribution >= 4 is 6.29 Å². The molecule has 1 rings (SSSR count). The normalized spacial score (nSPS) is 22.0. The third kappa shape index (κ3) is 7.94. The third-order valence-electron chi connectivity index (χ3n) is 1.88. The van der Waals surface area contributed by atoms with E-state index in [-0.39, 0.29) is 11.6 Å². The van der Waals surface area contributed by atoms with Crippen LogP contribution in [0.15, 0.2) is 0 Å². The van der Waals surface area contributed by atoms with Crippen LogP contribution in [-0.4, -0.2) is 31.6 Å². The van der Waals surface area contributed by atoms with Crippen molar-refractivity contribution in [3.63, 3.8) is 0 Å². The molecule has 13 heavy (non-hydrogen) atoms. The fraction of sp³-hybridized carbons (Fsp3) is 0.900. The van der Waals surface area contributed by atoms with Crippen molar-refractivity contribution in [2.75, 3.05) is 13.7 Å². The van der Waals surface area contributed by atoms with Gasteiger partial charge in [0, 0.05) is 7.11 Å². The van der Waals surface area contributed by atoms with Crippen molar-refractivity contribution in [2.24, 2.45) is 0 Å². The number of hydrogen-bond acceptors (Lipinski definition) is 3. The molecule has 1 N–H and O–H groups in total. The smallest absolute Gasteiger partial charge is 0.136 e. The summed E-state index contributed by atoms with van der Waals surface area (Å²) in [4.78, 5) is 9.94. The minimum atomic E-state index is 0.0417. The van der Waals surface area contributed by atoms with Crippen molar-refractivity contribution in [1.29, 1.82) is 0 Å². The van der Waals surface area contributed by atoms with Gasteiger partial charge in [0.05, 0.1) is 11.6 Å². The van der Waals surface area contributed by atoms with Gasteiger partial charge < -0.3 is 14.8 Å². The van der Waals surface area contributed by atoms with E-state index in [1.807, 2.05) is 20.8 Å². The molecule has 1 unspecified atom stereocenters. The monoisotopic (exact) mass is 187 g/mol. The molecule has 1 atom stereocenters. The summed E-state index contributed by atoms with van der Waals surface area (Å²) in [7, 11) is 1.71. The molecular weight excluding hydrogens is 166 g/mol. The van der Waals surface area contributed by atoms with E-state index in [0.717, 1.165) is 25.7 Å². The van der Waals surface area contributed by atoms with E-state index in [9.17, 15) is 4.79 Å². The molecule has 1 aliphatic heterocycles. The lowest BCUT2D eigenvalue weighted by Crippen LogP contribution is -2.21. The number of rotatable bonds is 1. The van der Waals surface area contributed by atoms with Crippen LogP contribution < -0.4 is 5.32 Å². The number of carbonyl (C=O) groups excluding carboxylic acids is 1. The van der Waals surface area contributed by atoms with Gasteiger partial charge in [-0.25, -0.2) is 0 Å². The summed E-state index contributed by atoms with van der Waals surface area (Å²) in [5.74, 6) is 0. The minimum absolute atomic E-state index is 0.0417. The van der Waals surface area contributed by atoms with Crippen molar-refractivity contribution in [2.45, 2.75) is 45.3 Å². The Kier molecular flexibility index (Phi) is 5.91. The summed E-state index contributed by atoms with van der Waals surface area (Å²) >= 11 is 0. The van der Waals surface area contributed by atoms with Gasteiger partial charge in [-0.2, -0.15) is 0 Å². The standard InChI is InChI=1S/C5H9NO.C5H12O/c7-4-5-2-1-3-6-5;1-5(2,3)6-4/h4-6H,1-3H2;1-4H3.